The molecule has 1 N–H and O–H groups in total. The molecule has 68 valence electrons. The fourth-order valence-corrected chi connectivity index (χ4v) is 2.87. The first kappa shape index (κ1) is 7.57. The highest BCUT2D eigenvalue weighted by Crippen LogP contribution is 2.48. The molecule has 0 bridgehead atoms. The topological polar surface area (TPSA) is 12.0 Å². The van der Waals surface area contributed by atoms with Crippen molar-refractivity contribution in [3.8, 4) is 0 Å². The highest BCUT2D eigenvalue weighted by molar-refractivity contribution is 5.24. The Morgan fingerprint density at radius 1 is 1.08 bits per heavy atom. The Kier molecular flexibility index (Phi) is 1.66. The fraction of sp³-hybridized carbons (Fsp3) is 0.500. The van der Waals surface area contributed by atoms with Gasteiger partial charge in [0.2, 0.25) is 0 Å². The average molecular weight is 173 g/mol. The van der Waals surface area contributed by atoms with Gasteiger partial charge < -0.3 is 5.32 Å². The van der Waals surface area contributed by atoms with Crippen molar-refractivity contribution in [3.05, 3.63) is 35.9 Å². The Morgan fingerprint density at radius 2 is 1.92 bits per heavy atom. The number of hydrogen-bond acceptors (Lipinski definition) is 1. The predicted molar refractivity (Wildman–Crippen MR) is 53.6 cm³/mol. The summed E-state index contributed by atoms with van der Waals surface area (Å²) in [5.74, 6) is 2.76. The number of rotatable bonds is 1. The van der Waals surface area contributed by atoms with Gasteiger partial charge >= 0.3 is 0 Å². The van der Waals surface area contributed by atoms with Gasteiger partial charge in [-0.3, -0.25) is 0 Å². The van der Waals surface area contributed by atoms with Crippen molar-refractivity contribution in [2.24, 2.45) is 11.8 Å². The van der Waals surface area contributed by atoms with Crippen LogP contribution < -0.4 is 5.32 Å². The summed E-state index contributed by atoms with van der Waals surface area (Å²) in [4.78, 5) is 0. The zero-order chi connectivity index (χ0) is 8.67. The van der Waals surface area contributed by atoms with Crippen LogP contribution in [0.1, 0.15) is 17.9 Å². The van der Waals surface area contributed by atoms with Crippen LogP contribution in [0, 0.1) is 11.8 Å². The molecule has 1 aliphatic heterocycles. The summed E-state index contributed by atoms with van der Waals surface area (Å²) in [5, 5.41) is 3.48. The van der Waals surface area contributed by atoms with E-state index in [1.54, 1.807) is 5.56 Å². The smallest absolute Gasteiger partial charge is 0.00114 e. The summed E-state index contributed by atoms with van der Waals surface area (Å²) in [6.45, 7) is 2.50. The molecular formula is C12H15N. The first-order valence-corrected chi connectivity index (χ1v) is 5.21. The van der Waals surface area contributed by atoms with Crippen molar-refractivity contribution in [2.45, 2.75) is 12.3 Å². The van der Waals surface area contributed by atoms with Crippen molar-refractivity contribution >= 4 is 0 Å². The Balaban J connectivity index is 1.81. The summed E-state index contributed by atoms with van der Waals surface area (Å²) in [6, 6.07) is 11.0. The minimum Gasteiger partial charge on any atom is -0.316 e. The molecule has 13 heavy (non-hydrogen) atoms. The first-order valence-electron chi connectivity index (χ1n) is 5.21. The molecule has 0 spiro atoms. The van der Waals surface area contributed by atoms with E-state index in [4.69, 9.17) is 0 Å². The van der Waals surface area contributed by atoms with Crippen LogP contribution in [0.15, 0.2) is 30.3 Å². The molecule has 1 aromatic carbocycles. The molecular weight excluding hydrogens is 158 g/mol. The maximum absolute atomic E-state index is 3.48. The van der Waals surface area contributed by atoms with Crippen LogP contribution in [0.4, 0.5) is 0 Å². The van der Waals surface area contributed by atoms with Crippen molar-refractivity contribution in [3.63, 3.8) is 0 Å². The molecule has 1 unspecified atom stereocenters. The molecule has 3 atom stereocenters. The summed E-state index contributed by atoms with van der Waals surface area (Å²) >= 11 is 0. The van der Waals surface area contributed by atoms with Crippen LogP contribution in [0.3, 0.4) is 0 Å². The lowest BCUT2D eigenvalue weighted by Crippen LogP contribution is -2.33. The molecule has 1 aliphatic carbocycles. The molecule has 0 amide bonds. The minimum absolute atomic E-state index is 0.848. The molecule has 0 aromatic heterocycles. The van der Waals surface area contributed by atoms with E-state index in [1.807, 2.05) is 0 Å². The lowest BCUT2D eigenvalue weighted by Gasteiger charge is -2.40. The lowest BCUT2D eigenvalue weighted by atomic mass is 9.64. The van der Waals surface area contributed by atoms with Crippen molar-refractivity contribution < 1.29 is 0 Å². The van der Waals surface area contributed by atoms with E-state index in [-0.39, 0.29) is 0 Å². The van der Waals surface area contributed by atoms with Gasteiger partial charge in [0.15, 0.2) is 0 Å². The van der Waals surface area contributed by atoms with Gasteiger partial charge in [-0.05, 0) is 42.8 Å². The molecule has 1 nitrogen and oxygen atoms in total. The minimum atomic E-state index is 0.848. The molecule has 3 rings (SSSR count). The second-order valence-electron chi connectivity index (χ2n) is 4.34. The molecule has 2 aliphatic rings. The largest absolute Gasteiger partial charge is 0.316 e. The maximum atomic E-state index is 3.48. The Morgan fingerprint density at radius 3 is 2.69 bits per heavy atom. The average Bonchev–Trinajstić information content (AvgIpc) is 2.50. The van der Waals surface area contributed by atoms with Crippen LogP contribution in [-0.2, 0) is 0 Å². The third kappa shape index (κ3) is 1.11. The molecule has 1 heteroatoms. The second-order valence-corrected chi connectivity index (χ2v) is 4.34. The normalized spacial score (nSPS) is 36.8. The number of benzene rings is 1. The summed E-state index contributed by atoms with van der Waals surface area (Å²) < 4.78 is 0. The Bertz CT molecular complexity index is 293. The van der Waals surface area contributed by atoms with E-state index in [9.17, 15) is 0 Å². The third-order valence-electron chi connectivity index (χ3n) is 3.69. The molecule has 0 radical (unpaired) electrons. The van der Waals surface area contributed by atoms with Crippen molar-refractivity contribution in [1.29, 1.82) is 0 Å². The molecule has 2 fully saturated rings. The highest BCUT2D eigenvalue weighted by atomic mass is 14.9. The van der Waals surface area contributed by atoms with Gasteiger partial charge in [0.1, 0.15) is 0 Å². The van der Waals surface area contributed by atoms with Crippen LogP contribution in [0.2, 0.25) is 0 Å². The number of hydrogen-bond donors (Lipinski definition) is 1. The van der Waals surface area contributed by atoms with E-state index >= 15 is 0 Å². The monoisotopic (exact) mass is 173 g/mol. The van der Waals surface area contributed by atoms with E-state index in [1.165, 1.54) is 19.5 Å². The van der Waals surface area contributed by atoms with E-state index < -0.39 is 0 Å². The van der Waals surface area contributed by atoms with Gasteiger partial charge in [0, 0.05) is 0 Å². The van der Waals surface area contributed by atoms with Gasteiger partial charge in [0.25, 0.3) is 0 Å². The number of nitrogens with one attached hydrogen (secondary N) is 1. The zero-order valence-electron chi connectivity index (χ0n) is 7.74. The van der Waals surface area contributed by atoms with Gasteiger partial charge in [0.05, 0.1) is 0 Å². The van der Waals surface area contributed by atoms with Crippen LogP contribution >= 0.6 is 0 Å². The van der Waals surface area contributed by atoms with Gasteiger partial charge in [-0.2, -0.15) is 0 Å². The quantitative estimate of drug-likeness (QED) is 0.685. The zero-order valence-corrected chi connectivity index (χ0v) is 7.74. The van der Waals surface area contributed by atoms with Crippen molar-refractivity contribution in [2.75, 3.05) is 13.1 Å². The van der Waals surface area contributed by atoms with Crippen molar-refractivity contribution in [1.82, 2.24) is 5.32 Å². The summed E-state index contributed by atoms with van der Waals surface area (Å²) in [5.41, 5.74) is 1.55. The molecule has 1 heterocycles. The number of fused-ring (bicyclic) bond motifs is 1. The summed E-state index contributed by atoms with van der Waals surface area (Å²) in [7, 11) is 0. The van der Waals surface area contributed by atoms with Crippen LogP contribution in [0.25, 0.3) is 0 Å². The van der Waals surface area contributed by atoms with Crippen LogP contribution in [-0.4, -0.2) is 13.1 Å². The standard InChI is InChI=1S/C12H15N/c1-2-4-9(5-3-1)11-6-10-7-13-8-12(10)11/h1-5,10-13H,6-8H2/t10-,11+,12?/m1/s1. The summed E-state index contributed by atoms with van der Waals surface area (Å²) in [6.07, 6.45) is 1.40. The van der Waals surface area contributed by atoms with Gasteiger partial charge in [-0.25, -0.2) is 0 Å². The predicted octanol–water partition coefficient (Wildman–Crippen LogP) is 2.01. The van der Waals surface area contributed by atoms with E-state index in [2.05, 4.69) is 35.6 Å². The van der Waals surface area contributed by atoms with E-state index in [0.717, 1.165) is 17.8 Å². The van der Waals surface area contributed by atoms with Gasteiger partial charge in [-0.15, -0.1) is 0 Å². The van der Waals surface area contributed by atoms with Crippen LogP contribution in [0.5, 0.6) is 0 Å². The SMILES string of the molecule is c1ccc([C@@H]2C[C@@H]3CNCC32)cc1. The fourth-order valence-electron chi connectivity index (χ4n) is 2.87. The highest BCUT2D eigenvalue weighted by Gasteiger charge is 2.44. The molecule has 1 aromatic rings. The lowest BCUT2D eigenvalue weighted by molar-refractivity contribution is 0.191. The Labute approximate surface area is 79.2 Å². The second kappa shape index (κ2) is 2.85. The Hall–Kier alpha value is -0.820. The first-order chi connectivity index (χ1) is 6.45. The maximum Gasteiger partial charge on any atom is -0.00114 e. The molecule has 1 saturated carbocycles. The van der Waals surface area contributed by atoms with E-state index in [0.29, 0.717) is 0 Å². The molecule has 1 saturated heterocycles. The third-order valence-corrected chi connectivity index (χ3v) is 3.69. The van der Waals surface area contributed by atoms with Gasteiger partial charge in [-0.1, -0.05) is 30.3 Å².